The van der Waals surface area contributed by atoms with E-state index in [0.717, 1.165) is 29.1 Å². The number of rotatable bonds is 5. The van der Waals surface area contributed by atoms with Crippen LogP contribution in [-0.4, -0.2) is 5.71 Å². The molecule has 0 heterocycles. The first kappa shape index (κ1) is 15.2. The molecule has 0 fully saturated rings. The number of halogens is 1. The van der Waals surface area contributed by atoms with Gasteiger partial charge in [0.25, 0.3) is 0 Å². The van der Waals surface area contributed by atoms with E-state index >= 15 is 0 Å². The van der Waals surface area contributed by atoms with Crippen molar-refractivity contribution in [2.45, 2.75) is 34.1 Å². The lowest BCUT2D eigenvalue weighted by Gasteiger charge is -2.10. The van der Waals surface area contributed by atoms with E-state index in [1.807, 2.05) is 13.8 Å². The van der Waals surface area contributed by atoms with Crippen LogP contribution in [0, 0.1) is 11.7 Å². The van der Waals surface area contributed by atoms with Crippen molar-refractivity contribution in [2.75, 3.05) is 5.43 Å². The van der Waals surface area contributed by atoms with Crippen molar-refractivity contribution in [3.63, 3.8) is 0 Å². The Bertz CT molecular complexity index is 473. The number of allylic oxidation sites excluding steroid dienone is 2. The van der Waals surface area contributed by atoms with Crippen LogP contribution >= 0.6 is 0 Å². The van der Waals surface area contributed by atoms with E-state index in [-0.39, 0.29) is 5.82 Å². The summed E-state index contributed by atoms with van der Waals surface area (Å²) in [5, 5.41) is 4.26. The number of nitrogens with two attached hydrogens (primary N) is 1. The van der Waals surface area contributed by atoms with Gasteiger partial charge in [0.2, 0.25) is 0 Å². The van der Waals surface area contributed by atoms with E-state index in [4.69, 9.17) is 5.73 Å². The quantitative estimate of drug-likeness (QED) is 0.625. The van der Waals surface area contributed by atoms with Gasteiger partial charge in [-0.2, -0.15) is 5.10 Å². The molecule has 0 saturated carbocycles. The smallest absolute Gasteiger partial charge is 0.123 e. The van der Waals surface area contributed by atoms with E-state index in [0.29, 0.717) is 5.92 Å². The molecule has 19 heavy (non-hydrogen) atoms. The Labute approximate surface area is 114 Å². The average molecular weight is 263 g/mol. The highest BCUT2D eigenvalue weighted by Crippen LogP contribution is 2.12. The maximum absolute atomic E-state index is 12.8. The largest absolute Gasteiger partial charge is 0.402 e. The topological polar surface area (TPSA) is 50.4 Å². The molecule has 0 amide bonds. The second-order valence-electron chi connectivity index (χ2n) is 5.06. The standard InChI is InChI=1S/C15H22FN3/c1-10(2)9-15(17)11(3)12(4)18-19-14-7-5-13(16)6-8-14/h5-8,10,19H,9,17H2,1-4H3. The van der Waals surface area contributed by atoms with Gasteiger partial charge in [0.15, 0.2) is 0 Å². The van der Waals surface area contributed by atoms with Crippen LogP contribution < -0.4 is 11.2 Å². The summed E-state index contributed by atoms with van der Waals surface area (Å²) in [6.45, 7) is 8.12. The molecule has 1 aromatic carbocycles. The molecule has 4 heteroatoms. The summed E-state index contributed by atoms with van der Waals surface area (Å²) in [6, 6.07) is 6.07. The van der Waals surface area contributed by atoms with Gasteiger partial charge in [-0.1, -0.05) is 13.8 Å². The zero-order valence-corrected chi connectivity index (χ0v) is 12.0. The number of nitrogens with zero attached hydrogens (tertiary/aromatic N) is 1. The highest BCUT2D eigenvalue weighted by Gasteiger charge is 2.04. The first-order chi connectivity index (χ1) is 8.90. The number of anilines is 1. The summed E-state index contributed by atoms with van der Waals surface area (Å²) in [6.07, 6.45) is 0.856. The van der Waals surface area contributed by atoms with Gasteiger partial charge in [-0.3, -0.25) is 5.43 Å². The molecule has 1 rings (SSSR count). The highest BCUT2D eigenvalue weighted by atomic mass is 19.1. The van der Waals surface area contributed by atoms with Gasteiger partial charge in [-0.25, -0.2) is 4.39 Å². The molecule has 0 aliphatic carbocycles. The van der Waals surface area contributed by atoms with Crippen molar-refractivity contribution >= 4 is 11.4 Å². The third kappa shape index (κ3) is 5.12. The molecule has 1 aromatic rings. The Hall–Kier alpha value is -1.84. The predicted molar refractivity (Wildman–Crippen MR) is 79.5 cm³/mol. The van der Waals surface area contributed by atoms with E-state index < -0.39 is 0 Å². The number of hydrogen-bond donors (Lipinski definition) is 2. The van der Waals surface area contributed by atoms with Gasteiger partial charge < -0.3 is 5.73 Å². The molecule has 0 bridgehead atoms. The fourth-order valence-electron chi connectivity index (χ4n) is 1.58. The molecule has 0 aromatic heterocycles. The van der Waals surface area contributed by atoms with Crippen LogP contribution in [0.3, 0.4) is 0 Å². The molecular weight excluding hydrogens is 241 g/mol. The van der Waals surface area contributed by atoms with Crippen LogP contribution in [0.5, 0.6) is 0 Å². The minimum absolute atomic E-state index is 0.261. The monoisotopic (exact) mass is 263 g/mol. The summed E-state index contributed by atoms with van der Waals surface area (Å²) < 4.78 is 12.8. The summed E-state index contributed by atoms with van der Waals surface area (Å²) in [7, 11) is 0. The maximum Gasteiger partial charge on any atom is 0.123 e. The molecular formula is C15H22FN3. The molecule has 104 valence electrons. The van der Waals surface area contributed by atoms with E-state index in [1.165, 1.54) is 12.1 Å². The zero-order valence-electron chi connectivity index (χ0n) is 12.0. The van der Waals surface area contributed by atoms with Gasteiger partial charge in [0.1, 0.15) is 5.82 Å². The van der Waals surface area contributed by atoms with Gasteiger partial charge in [-0.05, 0) is 56.0 Å². The number of benzene rings is 1. The van der Waals surface area contributed by atoms with Crippen LogP contribution in [0.15, 0.2) is 40.6 Å². The fraction of sp³-hybridized carbons (Fsp3) is 0.400. The second-order valence-corrected chi connectivity index (χ2v) is 5.06. The van der Waals surface area contributed by atoms with Crippen molar-refractivity contribution in [1.29, 1.82) is 0 Å². The molecule has 0 atom stereocenters. The summed E-state index contributed by atoms with van der Waals surface area (Å²) in [4.78, 5) is 0. The van der Waals surface area contributed by atoms with Crippen LogP contribution in [0.25, 0.3) is 0 Å². The van der Waals surface area contributed by atoms with Crippen molar-refractivity contribution < 1.29 is 4.39 Å². The summed E-state index contributed by atoms with van der Waals surface area (Å²) in [5.41, 5.74) is 12.4. The maximum atomic E-state index is 12.8. The van der Waals surface area contributed by atoms with E-state index in [9.17, 15) is 4.39 Å². The van der Waals surface area contributed by atoms with Gasteiger partial charge in [-0.15, -0.1) is 0 Å². The molecule has 0 spiro atoms. The fourth-order valence-corrected chi connectivity index (χ4v) is 1.58. The van der Waals surface area contributed by atoms with Gasteiger partial charge in [0.05, 0.1) is 11.4 Å². The normalized spacial score (nSPS) is 13.5. The van der Waals surface area contributed by atoms with E-state index in [2.05, 4.69) is 24.4 Å². The van der Waals surface area contributed by atoms with Crippen molar-refractivity contribution in [3.05, 3.63) is 41.4 Å². The van der Waals surface area contributed by atoms with Crippen molar-refractivity contribution in [3.8, 4) is 0 Å². The lowest BCUT2D eigenvalue weighted by molar-refractivity contribution is 0.628. The Morgan fingerprint density at radius 2 is 1.84 bits per heavy atom. The molecule has 0 unspecified atom stereocenters. The summed E-state index contributed by atoms with van der Waals surface area (Å²) >= 11 is 0. The lowest BCUT2D eigenvalue weighted by Crippen LogP contribution is -2.10. The van der Waals surface area contributed by atoms with Gasteiger partial charge >= 0.3 is 0 Å². The number of hydrazone groups is 1. The minimum atomic E-state index is -0.261. The SMILES string of the molecule is CC(=NNc1ccc(F)cc1)C(C)=C(N)CC(C)C. The molecule has 3 N–H and O–H groups in total. The third-order valence-corrected chi connectivity index (χ3v) is 2.85. The Morgan fingerprint density at radius 1 is 1.26 bits per heavy atom. The summed E-state index contributed by atoms with van der Waals surface area (Å²) in [5.74, 6) is 0.260. The lowest BCUT2D eigenvalue weighted by atomic mass is 10.0. The average Bonchev–Trinajstić information content (AvgIpc) is 2.36. The Morgan fingerprint density at radius 3 is 2.37 bits per heavy atom. The first-order valence-corrected chi connectivity index (χ1v) is 6.41. The van der Waals surface area contributed by atoms with E-state index in [1.54, 1.807) is 12.1 Å². The Balaban J connectivity index is 2.73. The zero-order chi connectivity index (χ0) is 14.4. The second kappa shape index (κ2) is 6.92. The predicted octanol–water partition coefficient (Wildman–Crippen LogP) is 3.89. The van der Waals surface area contributed by atoms with Crippen molar-refractivity contribution in [2.24, 2.45) is 16.8 Å². The molecule has 0 aliphatic heterocycles. The number of hydrogen-bond acceptors (Lipinski definition) is 3. The van der Waals surface area contributed by atoms with Crippen LogP contribution in [0.4, 0.5) is 10.1 Å². The van der Waals surface area contributed by atoms with Crippen LogP contribution in [0.1, 0.15) is 34.1 Å². The minimum Gasteiger partial charge on any atom is -0.402 e. The highest BCUT2D eigenvalue weighted by molar-refractivity contribution is 5.98. The molecule has 0 radical (unpaired) electrons. The molecule has 0 saturated heterocycles. The Kier molecular flexibility index (Phi) is 5.55. The third-order valence-electron chi connectivity index (χ3n) is 2.85. The molecule has 0 aliphatic rings. The van der Waals surface area contributed by atoms with Crippen LogP contribution in [-0.2, 0) is 0 Å². The van der Waals surface area contributed by atoms with Gasteiger partial charge in [0, 0.05) is 5.70 Å². The molecule has 3 nitrogen and oxygen atoms in total. The number of nitrogens with one attached hydrogen (secondary N) is 1. The van der Waals surface area contributed by atoms with Crippen molar-refractivity contribution in [1.82, 2.24) is 0 Å². The van der Waals surface area contributed by atoms with Crippen LogP contribution in [0.2, 0.25) is 0 Å². The first-order valence-electron chi connectivity index (χ1n) is 6.41.